The molecule has 0 heterocycles. The van der Waals surface area contributed by atoms with Gasteiger partial charge >= 0.3 is 0 Å². The predicted molar refractivity (Wildman–Crippen MR) is 112 cm³/mol. The Hall–Kier alpha value is -1.66. The molecule has 26 heavy (non-hydrogen) atoms. The standard InChI is InChI=1S/C23H31O2P/c1-4-5-6-7-14-19-23(2,3)22(24)26(25,20-15-10-8-11-16-20)21-17-12-9-13-18-21/h8-13,15-18H,4-7,14,19H2,1-3H3. The Morgan fingerprint density at radius 1 is 0.808 bits per heavy atom. The fourth-order valence-electron chi connectivity index (χ4n) is 3.36. The highest BCUT2D eigenvalue weighted by Gasteiger charge is 2.43. The molecule has 0 atom stereocenters. The van der Waals surface area contributed by atoms with E-state index in [1.54, 1.807) is 0 Å². The molecule has 0 saturated heterocycles. The molecule has 0 aliphatic rings. The molecule has 0 saturated carbocycles. The van der Waals surface area contributed by atoms with Crippen molar-refractivity contribution in [2.45, 2.75) is 59.3 Å². The van der Waals surface area contributed by atoms with E-state index in [0.717, 1.165) is 19.3 Å². The van der Waals surface area contributed by atoms with Crippen LogP contribution < -0.4 is 10.6 Å². The van der Waals surface area contributed by atoms with Crippen molar-refractivity contribution in [3.05, 3.63) is 60.7 Å². The lowest BCUT2D eigenvalue weighted by Crippen LogP contribution is -2.32. The summed E-state index contributed by atoms with van der Waals surface area (Å²) < 4.78 is 14.1. The summed E-state index contributed by atoms with van der Waals surface area (Å²) in [6.45, 7) is 6.10. The molecule has 0 amide bonds. The van der Waals surface area contributed by atoms with E-state index in [4.69, 9.17) is 0 Å². The van der Waals surface area contributed by atoms with Crippen molar-refractivity contribution in [3.8, 4) is 0 Å². The minimum atomic E-state index is -3.34. The minimum absolute atomic E-state index is 0.127. The van der Waals surface area contributed by atoms with Gasteiger partial charge in [0.2, 0.25) is 12.7 Å². The van der Waals surface area contributed by atoms with Crippen LogP contribution in [0.2, 0.25) is 0 Å². The molecule has 0 fully saturated rings. The fraction of sp³-hybridized carbons (Fsp3) is 0.435. The van der Waals surface area contributed by atoms with E-state index in [-0.39, 0.29) is 5.52 Å². The van der Waals surface area contributed by atoms with Gasteiger partial charge in [0.1, 0.15) is 0 Å². The van der Waals surface area contributed by atoms with E-state index in [2.05, 4.69) is 6.92 Å². The van der Waals surface area contributed by atoms with Crippen molar-refractivity contribution in [1.29, 1.82) is 0 Å². The molecule has 3 heteroatoms. The van der Waals surface area contributed by atoms with Gasteiger partial charge in [-0.05, 0) is 6.42 Å². The van der Waals surface area contributed by atoms with Crippen molar-refractivity contribution in [2.75, 3.05) is 0 Å². The first-order valence-electron chi connectivity index (χ1n) is 9.69. The zero-order valence-electron chi connectivity index (χ0n) is 16.3. The van der Waals surface area contributed by atoms with Gasteiger partial charge in [-0.15, -0.1) is 0 Å². The molecular weight excluding hydrogens is 339 g/mol. The summed E-state index contributed by atoms with van der Waals surface area (Å²) in [5.41, 5.74) is -0.731. The normalized spacial score (nSPS) is 12.1. The predicted octanol–water partition coefficient (Wildman–Crippen LogP) is 5.91. The average molecular weight is 370 g/mol. The summed E-state index contributed by atoms with van der Waals surface area (Å²) in [5, 5.41) is 1.27. The Kier molecular flexibility index (Phi) is 7.41. The third-order valence-electron chi connectivity index (χ3n) is 5.01. The topological polar surface area (TPSA) is 34.1 Å². The zero-order chi connectivity index (χ0) is 19.0. The molecule has 2 nitrogen and oxygen atoms in total. The van der Waals surface area contributed by atoms with Crippen molar-refractivity contribution in [1.82, 2.24) is 0 Å². The van der Waals surface area contributed by atoms with Crippen molar-refractivity contribution < 1.29 is 9.36 Å². The number of unbranched alkanes of at least 4 members (excludes halogenated alkanes) is 4. The van der Waals surface area contributed by atoms with Gasteiger partial charge in [-0.1, -0.05) is 114 Å². The van der Waals surface area contributed by atoms with Gasteiger partial charge < -0.3 is 4.57 Å². The Balaban J connectivity index is 2.31. The van der Waals surface area contributed by atoms with Crippen LogP contribution in [-0.2, 0) is 9.36 Å². The van der Waals surface area contributed by atoms with Crippen LogP contribution in [0.15, 0.2) is 60.7 Å². The molecule has 0 unspecified atom stereocenters. The number of rotatable bonds is 10. The molecular formula is C23H31O2P. The van der Waals surface area contributed by atoms with Crippen LogP contribution in [0.25, 0.3) is 0 Å². The molecule has 2 aromatic carbocycles. The van der Waals surface area contributed by atoms with Gasteiger partial charge in [-0.3, -0.25) is 4.79 Å². The first kappa shape index (κ1) is 20.6. The Morgan fingerprint density at radius 3 is 1.73 bits per heavy atom. The molecule has 0 radical (unpaired) electrons. The molecule has 140 valence electrons. The summed E-state index contributed by atoms with van der Waals surface area (Å²) in [6, 6.07) is 18.5. The van der Waals surface area contributed by atoms with E-state index in [1.807, 2.05) is 74.5 Å². The zero-order valence-corrected chi connectivity index (χ0v) is 17.2. The van der Waals surface area contributed by atoms with Crippen LogP contribution in [0.1, 0.15) is 59.3 Å². The molecule has 0 bridgehead atoms. The second-order valence-corrected chi connectivity index (χ2v) is 10.3. The Bertz CT molecular complexity index is 692. The molecule has 0 aliphatic carbocycles. The molecule has 2 aromatic rings. The quantitative estimate of drug-likeness (QED) is 0.385. The van der Waals surface area contributed by atoms with Crippen LogP contribution in [-0.4, -0.2) is 5.52 Å². The van der Waals surface area contributed by atoms with E-state index in [0.29, 0.717) is 10.6 Å². The van der Waals surface area contributed by atoms with Crippen LogP contribution in [0.5, 0.6) is 0 Å². The maximum atomic E-state index is 14.1. The van der Waals surface area contributed by atoms with Crippen LogP contribution in [0.4, 0.5) is 0 Å². The maximum absolute atomic E-state index is 14.1. The lowest BCUT2D eigenvalue weighted by atomic mass is 9.88. The minimum Gasteiger partial charge on any atom is -0.306 e. The highest BCUT2D eigenvalue weighted by Crippen LogP contribution is 2.51. The molecule has 0 spiro atoms. The third-order valence-corrected chi connectivity index (χ3v) is 8.24. The van der Waals surface area contributed by atoms with Crippen LogP contribution in [0, 0.1) is 5.41 Å². The van der Waals surface area contributed by atoms with Crippen LogP contribution >= 0.6 is 7.14 Å². The van der Waals surface area contributed by atoms with Gasteiger partial charge in [-0.25, -0.2) is 0 Å². The number of hydrogen-bond donors (Lipinski definition) is 0. The molecule has 0 aromatic heterocycles. The van der Waals surface area contributed by atoms with Crippen molar-refractivity contribution in [2.24, 2.45) is 5.41 Å². The monoisotopic (exact) mass is 370 g/mol. The summed E-state index contributed by atoms with van der Waals surface area (Å²) in [5.74, 6) is 0. The molecule has 0 aliphatic heterocycles. The lowest BCUT2D eigenvalue weighted by molar-refractivity contribution is -0.119. The SMILES string of the molecule is CCCCCCCC(C)(C)C(=O)P(=O)(c1ccccc1)c1ccccc1. The van der Waals surface area contributed by atoms with E-state index >= 15 is 0 Å². The summed E-state index contributed by atoms with van der Waals surface area (Å²) >= 11 is 0. The maximum Gasteiger partial charge on any atom is 0.205 e. The van der Waals surface area contributed by atoms with Gasteiger partial charge in [0, 0.05) is 16.0 Å². The average Bonchev–Trinajstić information content (AvgIpc) is 2.68. The molecule has 2 rings (SSSR count). The summed E-state index contributed by atoms with van der Waals surface area (Å²) in [4.78, 5) is 13.5. The Labute approximate surface area is 158 Å². The number of carbonyl (C=O) groups excluding carboxylic acids is 1. The van der Waals surface area contributed by atoms with Crippen molar-refractivity contribution in [3.63, 3.8) is 0 Å². The summed E-state index contributed by atoms with van der Waals surface area (Å²) in [6.07, 6.45) is 6.56. The van der Waals surface area contributed by atoms with Gasteiger partial charge in [-0.2, -0.15) is 0 Å². The third kappa shape index (κ3) is 4.74. The van der Waals surface area contributed by atoms with Gasteiger partial charge in [0.15, 0.2) is 0 Å². The summed E-state index contributed by atoms with van der Waals surface area (Å²) in [7, 11) is -3.34. The van der Waals surface area contributed by atoms with Crippen LogP contribution in [0.3, 0.4) is 0 Å². The highest BCUT2D eigenvalue weighted by molar-refractivity contribution is 7.93. The van der Waals surface area contributed by atoms with Crippen molar-refractivity contribution >= 4 is 23.3 Å². The smallest absolute Gasteiger partial charge is 0.205 e. The van der Waals surface area contributed by atoms with E-state index in [9.17, 15) is 9.36 Å². The number of carbonyl (C=O) groups is 1. The van der Waals surface area contributed by atoms with Gasteiger partial charge in [0.05, 0.1) is 0 Å². The second kappa shape index (κ2) is 9.33. The largest absolute Gasteiger partial charge is 0.306 e. The first-order chi connectivity index (χ1) is 12.4. The highest BCUT2D eigenvalue weighted by atomic mass is 31.2. The second-order valence-electron chi connectivity index (χ2n) is 7.63. The van der Waals surface area contributed by atoms with Gasteiger partial charge in [0.25, 0.3) is 0 Å². The fourth-order valence-corrected chi connectivity index (χ4v) is 6.28. The molecule has 0 N–H and O–H groups in total. The Morgan fingerprint density at radius 2 is 1.27 bits per heavy atom. The lowest BCUT2D eigenvalue weighted by Gasteiger charge is -2.29. The van der Waals surface area contributed by atoms with E-state index in [1.165, 1.54) is 19.3 Å². The number of hydrogen-bond acceptors (Lipinski definition) is 2. The number of benzene rings is 2. The first-order valence-corrected chi connectivity index (χ1v) is 11.4. The van der Waals surface area contributed by atoms with E-state index < -0.39 is 12.6 Å².